The van der Waals surface area contributed by atoms with E-state index in [9.17, 15) is 4.79 Å². The fraction of sp³-hybridized carbons (Fsp3) is 0.211. The number of carbonyl (C=O) groups is 1. The van der Waals surface area contributed by atoms with Crippen molar-refractivity contribution in [2.75, 3.05) is 19.5 Å². The summed E-state index contributed by atoms with van der Waals surface area (Å²) in [7, 11) is 4.95. The van der Waals surface area contributed by atoms with Gasteiger partial charge in [0.1, 0.15) is 17.7 Å². The Labute approximate surface area is 166 Å². The van der Waals surface area contributed by atoms with Crippen molar-refractivity contribution in [3.05, 3.63) is 42.1 Å². The number of methoxy groups -OCH3 is 1. The Morgan fingerprint density at radius 2 is 2.10 bits per heavy atom. The standard InChI is InChI=1S/C19H20N8O2/c1-10-23-15-14(12(19(28)20-2)8-21-18(15)24-10)25-13-7-5-6-11(16(13)29-4)17-22-9-27(3)26-17/h5-9H,1-4H3,(H,20,28)(H2,21,23,24,25). The van der Waals surface area contributed by atoms with Crippen molar-refractivity contribution in [2.24, 2.45) is 7.05 Å². The molecule has 0 aliphatic rings. The molecule has 1 aromatic carbocycles. The molecule has 0 radical (unpaired) electrons. The van der Waals surface area contributed by atoms with Crippen molar-refractivity contribution in [2.45, 2.75) is 6.92 Å². The maximum absolute atomic E-state index is 12.4. The van der Waals surface area contributed by atoms with Crippen molar-refractivity contribution in [1.29, 1.82) is 0 Å². The topological polar surface area (TPSA) is 123 Å². The van der Waals surface area contributed by atoms with Gasteiger partial charge in [-0.25, -0.2) is 15.0 Å². The maximum Gasteiger partial charge on any atom is 0.254 e. The highest BCUT2D eigenvalue weighted by Crippen LogP contribution is 2.38. The zero-order valence-corrected chi connectivity index (χ0v) is 16.4. The Kier molecular flexibility index (Phi) is 4.59. The zero-order valence-electron chi connectivity index (χ0n) is 16.4. The number of nitrogens with one attached hydrogen (secondary N) is 3. The Morgan fingerprint density at radius 3 is 2.79 bits per heavy atom. The van der Waals surface area contributed by atoms with E-state index in [2.05, 4.69) is 35.7 Å². The fourth-order valence-electron chi connectivity index (χ4n) is 3.14. The number of aromatic amines is 1. The van der Waals surface area contributed by atoms with Gasteiger partial charge in [0.2, 0.25) is 0 Å². The van der Waals surface area contributed by atoms with Gasteiger partial charge in [0.15, 0.2) is 17.2 Å². The molecule has 10 heteroatoms. The first-order valence-electron chi connectivity index (χ1n) is 8.89. The fourth-order valence-corrected chi connectivity index (χ4v) is 3.14. The molecular formula is C19H20N8O2. The molecule has 0 aliphatic heterocycles. The third-order valence-electron chi connectivity index (χ3n) is 4.43. The molecular weight excluding hydrogens is 372 g/mol. The molecule has 0 spiro atoms. The Bertz CT molecular complexity index is 1210. The van der Waals surface area contributed by atoms with Crippen LogP contribution in [0.25, 0.3) is 22.6 Å². The summed E-state index contributed by atoms with van der Waals surface area (Å²) >= 11 is 0. The summed E-state index contributed by atoms with van der Waals surface area (Å²) in [6, 6.07) is 5.60. The summed E-state index contributed by atoms with van der Waals surface area (Å²) in [6.07, 6.45) is 3.12. The number of para-hydroxylation sites is 1. The highest BCUT2D eigenvalue weighted by molar-refractivity contribution is 6.06. The number of ether oxygens (including phenoxy) is 1. The van der Waals surface area contributed by atoms with Crippen molar-refractivity contribution < 1.29 is 9.53 Å². The second-order valence-electron chi connectivity index (χ2n) is 6.40. The van der Waals surface area contributed by atoms with E-state index in [1.54, 1.807) is 32.2 Å². The van der Waals surface area contributed by atoms with Gasteiger partial charge in [-0.15, -0.1) is 0 Å². The number of H-pyrrole nitrogens is 1. The summed E-state index contributed by atoms with van der Waals surface area (Å²) in [5.41, 5.74) is 3.46. The predicted octanol–water partition coefficient (Wildman–Crippen LogP) is 2.17. The van der Waals surface area contributed by atoms with E-state index in [1.807, 2.05) is 25.1 Å². The van der Waals surface area contributed by atoms with Gasteiger partial charge in [-0.3, -0.25) is 9.48 Å². The van der Waals surface area contributed by atoms with Crippen LogP contribution in [-0.2, 0) is 7.05 Å². The molecule has 0 bridgehead atoms. The smallest absolute Gasteiger partial charge is 0.254 e. The largest absolute Gasteiger partial charge is 0.494 e. The molecule has 0 atom stereocenters. The molecule has 3 N–H and O–H groups in total. The Balaban J connectivity index is 1.88. The highest BCUT2D eigenvalue weighted by Gasteiger charge is 2.20. The number of aromatic nitrogens is 6. The number of fused-ring (bicyclic) bond motifs is 1. The van der Waals surface area contributed by atoms with Crippen LogP contribution in [-0.4, -0.2) is 49.8 Å². The number of pyridine rings is 1. The third kappa shape index (κ3) is 3.24. The van der Waals surface area contributed by atoms with E-state index in [1.165, 1.54) is 6.20 Å². The van der Waals surface area contributed by atoms with Crippen LogP contribution in [0.4, 0.5) is 11.4 Å². The maximum atomic E-state index is 12.4. The Morgan fingerprint density at radius 1 is 1.28 bits per heavy atom. The third-order valence-corrected chi connectivity index (χ3v) is 4.43. The molecule has 29 heavy (non-hydrogen) atoms. The molecule has 4 aromatic rings. The van der Waals surface area contributed by atoms with Crippen LogP contribution in [0, 0.1) is 6.92 Å². The molecule has 148 valence electrons. The van der Waals surface area contributed by atoms with Gasteiger partial charge in [-0.1, -0.05) is 6.07 Å². The van der Waals surface area contributed by atoms with E-state index in [0.717, 1.165) is 5.56 Å². The number of amides is 1. The van der Waals surface area contributed by atoms with E-state index in [0.29, 0.717) is 45.5 Å². The van der Waals surface area contributed by atoms with Gasteiger partial charge in [0.05, 0.1) is 29.6 Å². The van der Waals surface area contributed by atoms with Crippen LogP contribution < -0.4 is 15.4 Å². The number of rotatable bonds is 5. The quantitative estimate of drug-likeness (QED) is 0.476. The highest BCUT2D eigenvalue weighted by atomic mass is 16.5. The van der Waals surface area contributed by atoms with Crippen molar-refractivity contribution in [3.8, 4) is 17.1 Å². The summed E-state index contributed by atoms with van der Waals surface area (Å²) in [6.45, 7) is 1.83. The van der Waals surface area contributed by atoms with E-state index >= 15 is 0 Å². The van der Waals surface area contributed by atoms with Crippen LogP contribution in [0.5, 0.6) is 5.75 Å². The number of nitrogens with zero attached hydrogens (tertiary/aromatic N) is 5. The first-order chi connectivity index (χ1) is 14.0. The molecule has 0 fully saturated rings. The Hall–Kier alpha value is -3.95. The second kappa shape index (κ2) is 7.23. The SMILES string of the molecule is CNC(=O)c1cnc2nc(C)[nH]c2c1Nc1cccc(-c2ncn(C)n2)c1OC. The van der Waals surface area contributed by atoms with Crippen LogP contribution in [0.15, 0.2) is 30.7 Å². The second-order valence-corrected chi connectivity index (χ2v) is 6.40. The molecule has 3 heterocycles. The normalized spacial score (nSPS) is 10.9. The minimum absolute atomic E-state index is 0.268. The predicted molar refractivity (Wildman–Crippen MR) is 108 cm³/mol. The van der Waals surface area contributed by atoms with Gasteiger partial charge in [0, 0.05) is 20.3 Å². The van der Waals surface area contributed by atoms with Crippen molar-refractivity contribution in [3.63, 3.8) is 0 Å². The molecule has 0 saturated heterocycles. The summed E-state index contributed by atoms with van der Waals surface area (Å²) in [5, 5.41) is 10.3. The lowest BCUT2D eigenvalue weighted by Crippen LogP contribution is -2.19. The summed E-state index contributed by atoms with van der Waals surface area (Å²) < 4.78 is 7.29. The van der Waals surface area contributed by atoms with Gasteiger partial charge >= 0.3 is 0 Å². The zero-order chi connectivity index (χ0) is 20.5. The van der Waals surface area contributed by atoms with Crippen LogP contribution in [0.1, 0.15) is 16.2 Å². The van der Waals surface area contributed by atoms with E-state index in [-0.39, 0.29) is 5.91 Å². The molecule has 10 nitrogen and oxygen atoms in total. The van der Waals surface area contributed by atoms with Crippen LogP contribution in [0.3, 0.4) is 0 Å². The van der Waals surface area contributed by atoms with Crippen molar-refractivity contribution >= 4 is 28.4 Å². The van der Waals surface area contributed by atoms with Gasteiger partial charge in [0.25, 0.3) is 5.91 Å². The van der Waals surface area contributed by atoms with Crippen LogP contribution >= 0.6 is 0 Å². The number of benzene rings is 1. The summed E-state index contributed by atoms with van der Waals surface area (Å²) in [5.74, 6) is 1.53. The average molecular weight is 392 g/mol. The first kappa shape index (κ1) is 18.4. The number of anilines is 2. The van der Waals surface area contributed by atoms with Crippen molar-refractivity contribution in [1.82, 2.24) is 35.0 Å². The molecule has 0 unspecified atom stereocenters. The lowest BCUT2D eigenvalue weighted by atomic mass is 10.1. The lowest BCUT2D eigenvalue weighted by Gasteiger charge is -2.16. The summed E-state index contributed by atoms with van der Waals surface area (Å²) in [4.78, 5) is 28.6. The molecule has 4 rings (SSSR count). The monoisotopic (exact) mass is 392 g/mol. The van der Waals surface area contributed by atoms with Gasteiger partial charge in [-0.2, -0.15) is 5.10 Å². The number of hydrogen-bond acceptors (Lipinski definition) is 7. The minimum atomic E-state index is -0.268. The van der Waals surface area contributed by atoms with E-state index < -0.39 is 0 Å². The average Bonchev–Trinajstić information content (AvgIpc) is 3.32. The first-order valence-corrected chi connectivity index (χ1v) is 8.89. The number of aryl methyl sites for hydroxylation is 2. The lowest BCUT2D eigenvalue weighted by molar-refractivity contribution is 0.0963. The molecule has 0 saturated carbocycles. The number of imidazole rings is 1. The molecule has 0 aliphatic carbocycles. The van der Waals surface area contributed by atoms with Crippen LogP contribution in [0.2, 0.25) is 0 Å². The number of carbonyl (C=O) groups excluding carboxylic acids is 1. The minimum Gasteiger partial charge on any atom is -0.494 e. The van der Waals surface area contributed by atoms with E-state index in [4.69, 9.17) is 4.74 Å². The molecule has 1 amide bonds. The molecule has 3 aromatic heterocycles. The van der Waals surface area contributed by atoms with Gasteiger partial charge < -0.3 is 20.4 Å². The van der Waals surface area contributed by atoms with Gasteiger partial charge in [-0.05, 0) is 19.1 Å². The number of hydrogen-bond donors (Lipinski definition) is 3.